The Morgan fingerprint density at radius 1 is 0.900 bits per heavy atom. The molecule has 5 nitrogen and oxygen atoms in total. The van der Waals surface area contributed by atoms with Gasteiger partial charge in [-0.2, -0.15) is 0 Å². The van der Waals surface area contributed by atoms with Gasteiger partial charge in [0.15, 0.2) is 0 Å². The zero-order valence-electron chi connectivity index (χ0n) is 16.2. The number of carbonyl (C=O) groups excluding carboxylic acids is 1. The average Bonchev–Trinajstić information content (AvgIpc) is 2.77. The number of anilines is 1. The maximum Gasteiger partial charge on any atom is 0.321 e. The lowest BCUT2D eigenvalue weighted by Gasteiger charge is -2.08. The van der Waals surface area contributed by atoms with Crippen molar-refractivity contribution in [1.82, 2.24) is 9.97 Å². The van der Waals surface area contributed by atoms with Crippen LogP contribution in [0.4, 0.5) is 5.69 Å². The van der Waals surface area contributed by atoms with Gasteiger partial charge in [0.25, 0.3) is 5.91 Å². The number of hydrogen-bond donors (Lipinski definition) is 1. The summed E-state index contributed by atoms with van der Waals surface area (Å²) in [5.41, 5.74) is 4.43. The van der Waals surface area contributed by atoms with Crippen LogP contribution in [0.1, 0.15) is 15.9 Å². The van der Waals surface area contributed by atoms with Gasteiger partial charge in [0.2, 0.25) is 0 Å². The van der Waals surface area contributed by atoms with Crippen LogP contribution in [0, 0.1) is 6.92 Å². The van der Waals surface area contributed by atoms with Crippen molar-refractivity contribution in [3.8, 4) is 22.9 Å². The molecule has 0 aliphatic rings. The molecular weight excluding hydrogens is 442 g/mol. The zero-order chi connectivity index (χ0) is 20.9. The van der Waals surface area contributed by atoms with Crippen molar-refractivity contribution >= 4 is 27.5 Å². The number of hydrogen-bond acceptors (Lipinski definition) is 4. The van der Waals surface area contributed by atoms with Gasteiger partial charge in [-0.25, -0.2) is 9.97 Å². The summed E-state index contributed by atoms with van der Waals surface area (Å²) in [7, 11) is 0. The molecule has 0 radical (unpaired) electrons. The predicted molar refractivity (Wildman–Crippen MR) is 121 cm³/mol. The van der Waals surface area contributed by atoms with Crippen LogP contribution in [0.5, 0.6) is 11.8 Å². The van der Waals surface area contributed by atoms with Gasteiger partial charge in [0.05, 0.1) is 0 Å². The van der Waals surface area contributed by atoms with Crippen molar-refractivity contribution in [2.24, 2.45) is 0 Å². The molecular formula is C24H18BrN3O2. The summed E-state index contributed by atoms with van der Waals surface area (Å²) in [4.78, 5) is 21.0. The molecule has 4 rings (SSSR count). The van der Waals surface area contributed by atoms with Crippen LogP contribution in [-0.4, -0.2) is 15.9 Å². The molecule has 0 fully saturated rings. The summed E-state index contributed by atoms with van der Waals surface area (Å²) in [5.74, 6) is 0.363. The number of amides is 1. The molecule has 0 saturated heterocycles. The highest BCUT2D eigenvalue weighted by atomic mass is 79.9. The SMILES string of the molecule is Cc1ccccc1-c1cnc(Oc2ccc(C(=O)Nc3ccc(Br)cc3)cc2)nc1. The smallest absolute Gasteiger partial charge is 0.321 e. The number of nitrogens with zero attached hydrogens (tertiary/aromatic N) is 2. The summed E-state index contributed by atoms with van der Waals surface area (Å²) >= 11 is 3.37. The highest BCUT2D eigenvalue weighted by Crippen LogP contribution is 2.24. The summed E-state index contributed by atoms with van der Waals surface area (Å²) in [6, 6.07) is 22.6. The normalized spacial score (nSPS) is 10.5. The van der Waals surface area contributed by atoms with Crippen molar-refractivity contribution in [3.63, 3.8) is 0 Å². The summed E-state index contributed by atoms with van der Waals surface area (Å²) < 4.78 is 6.66. The van der Waals surface area contributed by atoms with Crippen LogP contribution in [0.25, 0.3) is 11.1 Å². The second-order valence-corrected chi connectivity index (χ2v) is 7.57. The Hall–Kier alpha value is -3.51. The second-order valence-electron chi connectivity index (χ2n) is 6.66. The number of carbonyl (C=O) groups is 1. The molecule has 1 N–H and O–H groups in total. The molecule has 0 unspecified atom stereocenters. The molecule has 0 spiro atoms. The van der Waals surface area contributed by atoms with Crippen LogP contribution >= 0.6 is 15.9 Å². The number of benzene rings is 3. The van der Waals surface area contributed by atoms with Crippen molar-refractivity contribution in [1.29, 1.82) is 0 Å². The fourth-order valence-corrected chi connectivity index (χ4v) is 3.19. The van der Waals surface area contributed by atoms with Gasteiger partial charge in [-0.05, 0) is 66.6 Å². The summed E-state index contributed by atoms with van der Waals surface area (Å²) in [5, 5.41) is 2.86. The maximum absolute atomic E-state index is 12.4. The molecule has 4 aromatic rings. The molecule has 30 heavy (non-hydrogen) atoms. The summed E-state index contributed by atoms with van der Waals surface area (Å²) in [6.07, 6.45) is 3.48. The highest BCUT2D eigenvalue weighted by molar-refractivity contribution is 9.10. The van der Waals surface area contributed by atoms with E-state index in [1.165, 1.54) is 0 Å². The number of rotatable bonds is 5. The van der Waals surface area contributed by atoms with Crippen LogP contribution in [0.15, 0.2) is 89.7 Å². The van der Waals surface area contributed by atoms with Crippen molar-refractivity contribution < 1.29 is 9.53 Å². The molecule has 6 heteroatoms. The largest absolute Gasteiger partial charge is 0.424 e. The zero-order valence-corrected chi connectivity index (χ0v) is 17.8. The maximum atomic E-state index is 12.4. The van der Waals surface area contributed by atoms with E-state index in [4.69, 9.17) is 4.74 Å². The van der Waals surface area contributed by atoms with Gasteiger partial charge >= 0.3 is 6.01 Å². The van der Waals surface area contributed by atoms with E-state index in [1.807, 2.05) is 55.5 Å². The fourth-order valence-electron chi connectivity index (χ4n) is 2.92. The number of ether oxygens (including phenoxy) is 1. The predicted octanol–water partition coefficient (Wildman–Crippen LogP) is 6.26. The lowest BCUT2D eigenvalue weighted by molar-refractivity contribution is 0.102. The number of nitrogens with one attached hydrogen (secondary N) is 1. The van der Waals surface area contributed by atoms with E-state index in [0.29, 0.717) is 11.3 Å². The Labute approximate surface area is 182 Å². The lowest BCUT2D eigenvalue weighted by Crippen LogP contribution is -2.11. The Bertz CT molecular complexity index is 1160. The topological polar surface area (TPSA) is 64.1 Å². The minimum Gasteiger partial charge on any atom is -0.424 e. The van der Waals surface area contributed by atoms with Crippen LogP contribution < -0.4 is 10.1 Å². The van der Waals surface area contributed by atoms with Gasteiger partial charge in [0, 0.05) is 33.7 Å². The first-order valence-corrected chi connectivity index (χ1v) is 10.1. The third-order valence-corrected chi connectivity index (χ3v) is 5.04. The molecule has 0 saturated carbocycles. The first-order chi connectivity index (χ1) is 14.6. The van der Waals surface area contributed by atoms with E-state index in [0.717, 1.165) is 26.9 Å². The molecule has 0 aliphatic heterocycles. The van der Waals surface area contributed by atoms with E-state index in [1.54, 1.807) is 36.7 Å². The minimum atomic E-state index is -0.192. The van der Waals surface area contributed by atoms with Crippen molar-refractivity contribution in [2.45, 2.75) is 6.92 Å². The van der Waals surface area contributed by atoms with Gasteiger partial charge in [0.1, 0.15) is 5.75 Å². The molecule has 1 aromatic heterocycles. The fraction of sp³-hybridized carbons (Fsp3) is 0.0417. The minimum absolute atomic E-state index is 0.192. The third-order valence-electron chi connectivity index (χ3n) is 4.51. The highest BCUT2D eigenvalue weighted by Gasteiger charge is 2.08. The quantitative estimate of drug-likeness (QED) is 0.382. The van der Waals surface area contributed by atoms with E-state index in [2.05, 4.69) is 31.2 Å². The van der Waals surface area contributed by atoms with E-state index in [9.17, 15) is 4.79 Å². The first kappa shape index (κ1) is 19.8. The number of halogens is 1. The molecule has 3 aromatic carbocycles. The molecule has 0 atom stereocenters. The monoisotopic (exact) mass is 459 g/mol. The average molecular weight is 460 g/mol. The molecule has 1 amide bonds. The van der Waals surface area contributed by atoms with E-state index in [-0.39, 0.29) is 11.9 Å². The van der Waals surface area contributed by atoms with Crippen LogP contribution in [0.3, 0.4) is 0 Å². The third kappa shape index (κ3) is 4.72. The van der Waals surface area contributed by atoms with Gasteiger partial charge in [-0.15, -0.1) is 0 Å². The van der Waals surface area contributed by atoms with Gasteiger partial charge in [-0.3, -0.25) is 4.79 Å². The lowest BCUT2D eigenvalue weighted by atomic mass is 10.0. The Morgan fingerprint density at radius 3 is 2.23 bits per heavy atom. The molecule has 1 heterocycles. The van der Waals surface area contributed by atoms with Crippen molar-refractivity contribution in [3.05, 3.63) is 101 Å². The van der Waals surface area contributed by atoms with Gasteiger partial charge < -0.3 is 10.1 Å². The van der Waals surface area contributed by atoms with Gasteiger partial charge in [-0.1, -0.05) is 40.2 Å². The van der Waals surface area contributed by atoms with E-state index < -0.39 is 0 Å². The van der Waals surface area contributed by atoms with Crippen molar-refractivity contribution in [2.75, 3.05) is 5.32 Å². The second kappa shape index (κ2) is 8.88. The standard InChI is InChI=1S/C24H18BrN3O2/c1-16-4-2-3-5-22(16)18-14-26-24(27-15-18)30-21-12-6-17(7-13-21)23(29)28-20-10-8-19(25)9-11-20/h2-15H,1H3,(H,28,29). The molecule has 148 valence electrons. The number of aryl methyl sites for hydroxylation is 1. The Kier molecular flexibility index (Phi) is 5.86. The Morgan fingerprint density at radius 2 is 1.57 bits per heavy atom. The van der Waals surface area contributed by atoms with Crippen LogP contribution in [0.2, 0.25) is 0 Å². The van der Waals surface area contributed by atoms with Crippen LogP contribution in [-0.2, 0) is 0 Å². The molecule has 0 aliphatic carbocycles. The Balaban J connectivity index is 1.41. The number of aromatic nitrogens is 2. The first-order valence-electron chi connectivity index (χ1n) is 9.31. The molecule has 0 bridgehead atoms. The van der Waals surface area contributed by atoms with E-state index >= 15 is 0 Å². The summed E-state index contributed by atoms with van der Waals surface area (Å²) in [6.45, 7) is 2.05.